The van der Waals surface area contributed by atoms with Crippen LogP contribution in [0, 0.1) is 0 Å². The molecule has 0 aromatic carbocycles. The molecule has 0 radical (unpaired) electrons. The van der Waals surface area contributed by atoms with Crippen molar-refractivity contribution in [2.24, 2.45) is 0 Å². The molecule has 9 heteroatoms. The predicted molar refractivity (Wildman–Crippen MR) is 115 cm³/mol. The van der Waals surface area contributed by atoms with Gasteiger partial charge in [-0.1, -0.05) is 6.07 Å². The van der Waals surface area contributed by atoms with Gasteiger partial charge in [0, 0.05) is 27.9 Å². The molecule has 3 aromatic heterocycles. The van der Waals surface area contributed by atoms with Crippen molar-refractivity contribution >= 4 is 44.8 Å². The Bertz CT molecular complexity index is 1060. The van der Waals surface area contributed by atoms with Crippen LogP contribution in [0.25, 0.3) is 20.7 Å². The first-order valence-electron chi connectivity index (χ1n) is 9.27. The highest BCUT2D eigenvalue weighted by Crippen LogP contribution is 2.33. The zero-order chi connectivity index (χ0) is 21.1. The van der Waals surface area contributed by atoms with Crippen LogP contribution >= 0.6 is 22.7 Å². The summed E-state index contributed by atoms with van der Waals surface area (Å²) in [6.45, 7) is 6.99. The van der Waals surface area contributed by atoms with E-state index in [2.05, 4.69) is 4.98 Å². The van der Waals surface area contributed by atoms with Crippen LogP contribution in [0.3, 0.4) is 0 Å². The van der Waals surface area contributed by atoms with Crippen molar-refractivity contribution in [3.63, 3.8) is 0 Å². The quantitative estimate of drug-likeness (QED) is 0.534. The van der Waals surface area contributed by atoms with Gasteiger partial charge < -0.3 is 9.64 Å². The molecule has 3 heterocycles. The van der Waals surface area contributed by atoms with Gasteiger partial charge in [-0.2, -0.15) is 0 Å². The molecule has 0 aliphatic carbocycles. The maximum atomic E-state index is 12.9. The van der Waals surface area contributed by atoms with E-state index in [1.165, 1.54) is 33.6 Å². The van der Waals surface area contributed by atoms with Crippen molar-refractivity contribution in [1.29, 1.82) is 0 Å². The third-order valence-corrected chi connectivity index (χ3v) is 6.19. The second kappa shape index (κ2) is 8.87. The number of carbonyl (C=O) groups excluding carboxylic acids is 2. The highest BCUT2D eigenvalue weighted by atomic mass is 32.1. The Morgan fingerprint density at radius 2 is 1.93 bits per heavy atom. The van der Waals surface area contributed by atoms with Crippen LogP contribution in [0.5, 0.6) is 0 Å². The summed E-state index contributed by atoms with van der Waals surface area (Å²) in [5.74, 6) is -0.913. The van der Waals surface area contributed by atoms with Gasteiger partial charge in [0.2, 0.25) is 0 Å². The summed E-state index contributed by atoms with van der Waals surface area (Å²) in [4.78, 5) is 45.1. The van der Waals surface area contributed by atoms with E-state index in [1.54, 1.807) is 4.90 Å². The number of hydrogen-bond acceptors (Lipinski definition) is 7. The number of nitrogens with zero attached hydrogens (tertiary/aromatic N) is 3. The molecule has 0 bridgehead atoms. The molecule has 0 unspecified atom stereocenters. The van der Waals surface area contributed by atoms with Gasteiger partial charge in [0.1, 0.15) is 11.4 Å². The van der Waals surface area contributed by atoms with E-state index < -0.39 is 5.97 Å². The first-order valence-corrected chi connectivity index (χ1v) is 11.0. The molecule has 1 amide bonds. The smallest absolute Gasteiger partial charge is 0.326 e. The van der Waals surface area contributed by atoms with Gasteiger partial charge in [0.05, 0.1) is 11.7 Å². The van der Waals surface area contributed by atoms with Gasteiger partial charge in [0.25, 0.3) is 11.5 Å². The standard InChI is InChI=1S/C20H23N3O4S2/c1-12(2)23(13(3)4)16(24)9-27-17(25)8-22-11-21-19-18(20(22)26)14(10-29-19)15-6-5-7-28-15/h5-7,10-13H,8-9H2,1-4H3. The van der Waals surface area contributed by atoms with Gasteiger partial charge in [-0.25, -0.2) is 4.98 Å². The predicted octanol–water partition coefficient (Wildman–Crippen LogP) is 3.38. The fourth-order valence-corrected chi connectivity index (χ4v) is 4.99. The largest absolute Gasteiger partial charge is 0.454 e. The highest BCUT2D eigenvalue weighted by molar-refractivity contribution is 7.18. The number of carbonyl (C=O) groups is 2. The average Bonchev–Trinajstić information content (AvgIpc) is 3.31. The second-order valence-corrected chi connectivity index (χ2v) is 8.94. The number of fused-ring (bicyclic) bond motifs is 1. The molecule has 0 N–H and O–H groups in total. The zero-order valence-corrected chi connectivity index (χ0v) is 18.4. The second-order valence-electron chi connectivity index (χ2n) is 7.13. The van der Waals surface area contributed by atoms with Crippen molar-refractivity contribution in [3.8, 4) is 10.4 Å². The lowest BCUT2D eigenvalue weighted by molar-refractivity contribution is -0.154. The van der Waals surface area contributed by atoms with Crippen molar-refractivity contribution in [2.45, 2.75) is 46.3 Å². The van der Waals surface area contributed by atoms with E-state index in [0.29, 0.717) is 10.2 Å². The Kier molecular flexibility index (Phi) is 6.49. The Hall–Kier alpha value is -2.52. The number of aromatic nitrogens is 2. The maximum Gasteiger partial charge on any atom is 0.326 e. The minimum absolute atomic E-state index is 0.00434. The van der Waals surface area contributed by atoms with Gasteiger partial charge in [-0.05, 0) is 39.1 Å². The molecule has 154 valence electrons. The number of esters is 1. The van der Waals surface area contributed by atoms with Crippen LogP contribution in [-0.4, -0.2) is 45.0 Å². The van der Waals surface area contributed by atoms with Crippen LogP contribution < -0.4 is 5.56 Å². The lowest BCUT2D eigenvalue weighted by Crippen LogP contribution is -2.44. The summed E-state index contributed by atoms with van der Waals surface area (Å²) >= 11 is 2.93. The molecule has 0 fully saturated rings. The minimum Gasteiger partial charge on any atom is -0.454 e. The van der Waals surface area contributed by atoms with Crippen molar-refractivity contribution in [3.05, 3.63) is 39.6 Å². The van der Waals surface area contributed by atoms with Gasteiger partial charge in [-0.15, -0.1) is 22.7 Å². The molecular weight excluding hydrogens is 410 g/mol. The van der Waals surface area contributed by atoms with Gasteiger partial charge in [0.15, 0.2) is 6.61 Å². The Labute approximate surface area is 176 Å². The van der Waals surface area contributed by atoms with E-state index in [1.807, 2.05) is 50.6 Å². The summed E-state index contributed by atoms with van der Waals surface area (Å²) in [6.07, 6.45) is 1.34. The van der Waals surface area contributed by atoms with E-state index >= 15 is 0 Å². The fourth-order valence-electron chi connectivity index (χ4n) is 3.27. The molecule has 3 aromatic rings. The van der Waals surface area contributed by atoms with E-state index in [4.69, 9.17) is 4.74 Å². The maximum absolute atomic E-state index is 12.9. The minimum atomic E-state index is -0.651. The first kappa shape index (κ1) is 21.2. The lowest BCUT2D eigenvalue weighted by atomic mass is 10.2. The number of rotatable bonds is 7. The van der Waals surface area contributed by atoms with Crippen molar-refractivity contribution in [1.82, 2.24) is 14.5 Å². The van der Waals surface area contributed by atoms with Crippen LogP contribution in [0.1, 0.15) is 27.7 Å². The summed E-state index contributed by atoms with van der Waals surface area (Å²) in [5.41, 5.74) is 0.522. The van der Waals surface area contributed by atoms with Crippen LogP contribution in [0.4, 0.5) is 0 Å². The van der Waals surface area contributed by atoms with Crippen molar-refractivity contribution < 1.29 is 14.3 Å². The SMILES string of the molecule is CC(C)N(C(=O)COC(=O)Cn1cnc2scc(-c3cccs3)c2c1=O)C(C)C. The number of thiophene rings is 2. The van der Waals surface area contributed by atoms with Crippen molar-refractivity contribution in [2.75, 3.05) is 6.61 Å². The number of hydrogen-bond donors (Lipinski definition) is 0. The molecule has 3 rings (SSSR count). The third kappa shape index (κ3) is 4.56. The van der Waals surface area contributed by atoms with Crippen LogP contribution in [0.15, 0.2) is 34.0 Å². The average molecular weight is 434 g/mol. The summed E-state index contributed by atoms with van der Waals surface area (Å²) < 4.78 is 6.35. The van der Waals surface area contributed by atoms with E-state index in [0.717, 1.165) is 10.4 Å². The molecular formula is C20H23N3O4S2. The number of amides is 1. The Balaban J connectivity index is 1.74. The van der Waals surface area contributed by atoms with Gasteiger partial charge in [-0.3, -0.25) is 19.0 Å². The third-order valence-electron chi connectivity index (χ3n) is 4.40. The normalized spacial score (nSPS) is 11.4. The first-order chi connectivity index (χ1) is 13.8. The summed E-state index contributed by atoms with van der Waals surface area (Å²) in [7, 11) is 0. The summed E-state index contributed by atoms with van der Waals surface area (Å²) in [6, 6.07) is 3.87. The van der Waals surface area contributed by atoms with Gasteiger partial charge >= 0.3 is 5.97 Å². The molecule has 0 saturated carbocycles. The molecule has 29 heavy (non-hydrogen) atoms. The Morgan fingerprint density at radius 3 is 2.55 bits per heavy atom. The summed E-state index contributed by atoms with van der Waals surface area (Å²) in [5, 5.41) is 4.34. The van der Waals surface area contributed by atoms with Crippen LogP contribution in [-0.2, 0) is 20.9 Å². The molecule has 0 aliphatic heterocycles. The van der Waals surface area contributed by atoms with E-state index in [-0.39, 0.29) is 36.7 Å². The molecule has 0 aliphatic rings. The molecule has 0 atom stereocenters. The lowest BCUT2D eigenvalue weighted by Gasteiger charge is -2.30. The topological polar surface area (TPSA) is 81.5 Å². The fraction of sp³-hybridized carbons (Fsp3) is 0.400. The van der Waals surface area contributed by atoms with Crippen LogP contribution in [0.2, 0.25) is 0 Å². The number of ether oxygens (including phenoxy) is 1. The van der Waals surface area contributed by atoms with E-state index in [9.17, 15) is 14.4 Å². The molecule has 7 nitrogen and oxygen atoms in total. The highest BCUT2D eigenvalue weighted by Gasteiger charge is 2.22. The molecule has 0 spiro atoms. The zero-order valence-electron chi connectivity index (χ0n) is 16.7. The monoisotopic (exact) mass is 433 g/mol. The molecule has 0 saturated heterocycles. The Morgan fingerprint density at radius 1 is 1.21 bits per heavy atom.